The van der Waals surface area contributed by atoms with Gasteiger partial charge in [-0.3, -0.25) is 9.59 Å². The Hall–Kier alpha value is -1.92. The number of carbonyl (C=O) groups excluding carboxylic acids is 1. The van der Waals surface area contributed by atoms with E-state index in [2.05, 4.69) is 0 Å². The molecule has 1 aromatic heterocycles. The highest BCUT2D eigenvalue weighted by atomic mass is 19.3. The number of hydrogen-bond donors (Lipinski definition) is 3. The molecule has 0 atom stereocenters. The minimum Gasteiger partial charge on any atom is -0.503 e. The SMILES string of the molecule is NC(=O)c1[nH]c(C(F)F)cc(=O)c1O. The van der Waals surface area contributed by atoms with Crippen LogP contribution in [0.2, 0.25) is 0 Å². The number of pyridine rings is 1. The Labute approximate surface area is 76.2 Å². The van der Waals surface area contributed by atoms with Gasteiger partial charge in [0.05, 0.1) is 5.69 Å². The number of nitrogens with one attached hydrogen (secondary N) is 1. The van der Waals surface area contributed by atoms with Gasteiger partial charge in [-0.05, 0) is 0 Å². The van der Waals surface area contributed by atoms with E-state index < -0.39 is 34.9 Å². The summed E-state index contributed by atoms with van der Waals surface area (Å²) in [5.41, 5.74) is 2.19. The van der Waals surface area contributed by atoms with Crippen molar-refractivity contribution in [1.82, 2.24) is 4.98 Å². The molecule has 0 aromatic carbocycles. The van der Waals surface area contributed by atoms with Crippen molar-refractivity contribution in [2.45, 2.75) is 6.43 Å². The Bertz CT molecular complexity index is 427. The van der Waals surface area contributed by atoms with Crippen LogP contribution in [0, 0.1) is 0 Å². The molecule has 0 fully saturated rings. The van der Waals surface area contributed by atoms with E-state index in [-0.39, 0.29) is 0 Å². The minimum atomic E-state index is -2.94. The Kier molecular flexibility index (Phi) is 2.50. The zero-order chi connectivity index (χ0) is 10.9. The van der Waals surface area contributed by atoms with Gasteiger partial charge in [0.1, 0.15) is 0 Å². The van der Waals surface area contributed by atoms with E-state index in [0.717, 1.165) is 0 Å². The number of aromatic amines is 1. The first-order chi connectivity index (χ1) is 6.43. The van der Waals surface area contributed by atoms with E-state index in [1.54, 1.807) is 0 Å². The van der Waals surface area contributed by atoms with Gasteiger partial charge >= 0.3 is 0 Å². The lowest BCUT2D eigenvalue weighted by molar-refractivity contribution is 0.0990. The average molecular weight is 204 g/mol. The van der Waals surface area contributed by atoms with E-state index in [4.69, 9.17) is 10.8 Å². The quantitative estimate of drug-likeness (QED) is 0.638. The zero-order valence-corrected chi connectivity index (χ0v) is 6.75. The monoisotopic (exact) mass is 204 g/mol. The molecule has 14 heavy (non-hydrogen) atoms. The summed E-state index contributed by atoms with van der Waals surface area (Å²) < 4.78 is 24.2. The van der Waals surface area contributed by atoms with Crippen LogP contribution in [0.4, 0.5) is 8.78 Å². The first kappa shape index (κ1) is 10.2. The lowest BCUT2D eigenvalue weighted by atomic mass is 10.2. The Morgan fingerprint density at radius 2 is 2.14 bits per heavy atom. The molecule has 0 saturated carbocycles. The molecule has 0 saturated heterocycles. The second-order valence-corrected chi connectivity index (χ2v) is 2.48. The van der Waals surface area contributed by atoms with Crippen LogP contribution in [0.1, 0.15) is 22.6 Å². The number of nitrogens with two attached hydrogens (primary N) is 1. The Morgan fingerprint density at radius 3 is 2.57 bits per heavy atom. The fourth-order valence-electron chi connectivity index (χ4n) is 0.868. The summed E-state index contributed by atoms with van der Waals surface area (Å²) in [6, 6.07) is 0.506. The van der Waals surface area contributed by atoms with Gasteiger partial charge in [0.2, 0.25) is 5.43 Å². The first-order valence-corrected chi connectivity index (χ1v) is 3.47. The van der Waals surface area contributed by atoms with Gasteiger partial charge < -0.3 is 15.8 Å². The molecular weight excluding hydrogens is 198 g/mol. The summed E-state index contributed by atoms with van der Waals surface area (Å²) in [6.07, 6.45) is -2.94. The predicted octanol–water partition coefficient (Wildman–Crippen LogP) is 0.117. The molecule has 7 heteroatoms. The molecule has 0 aliphatic carbocycles. The zero-order valence-electron chi connectivity index (χ0n) is 6.75. The first-order valence-electron chi connectivity index (χ1n) is 3.47. The number of aromatic hydroxyl groups is 1. The highest BCUT2D eigenvalue weighted by Crippen LogP contribution is 2.17. The van der Waals surface area contributed by atoms with Crippen LogP contribution in [-0.4, -0.2) is 16.0 Å². The molecule has 1 aromatic rings. The van der Waals surface area contributed by atoms with Crippen molar-refractivity contribution in [2.24, 2.45) is 5.73 Å². The molecular formula is C7H6F2N2O3. The molecule has 0 spiro atoms. The minimum absolute atomic E-state index is 0.506. The van der Waals surface area contributed by atoms with Gasteiger partial charge in [0.25, 0.3) is 12.3 Å². The molecule has 76 valence electrons. The number of amides is 1. The standard InChI is InChI=1S/C7H6F2N2O3/c8-6(9)2-1-3(12)5(13)4(11-2)7(10)14/h1,6,13H,(H2,10,14)(H,11,12). The predicted molar refractivity (Wildman–Crippen MR) is 42.2 cm³/mol. The van der Waals surface area contributed by atoms with E-state index in [0.29, 0.717) is 6.07 Å². The molecule has 0 bridgehead atoms. The van der Waals surface area contributed by atoms with Crippen molar-refractivity contribution in [3.63, 3.8) is 0 Å². The Balaban J connectivity index is 3.43. The molecule has 4 N–H and O–H groups in total. The highest BCUT2D eigenvalue weighted by molar-refractivity contribution is 5.93. The van der Waals surface area contributed by atoms with Crippen molar-refractivity contribution in [3.8, 4) is 5.75 Å². The third kappa shape index (κ3) is 1.70. The summed E-state index contributed by atoms with van der Waals surface area (Å²) in [4.78, 5) is 23.3. The molecule has 1 heterocycles. The van der Waals surface area contributed by atoms with Crippen LogP contribution in [0.25, 0.3) is 0 Å². The van der Waals surface area contributed by atoms with Gasteiger partial charge in [-0.2, -0.15) is 0 Å². The summed E-state index contributed by atoms with van der Waals surface area (Å²) in [5, 5.41) is 8.98. The third-order valence-corrected chi connectivity index (χ3v) is 1.51. The second-order valence-electron chi connectivity index (χ2n) is 2.48. The number of aromatic nitrogens is 1. The van der Waals surface area contributed by atoms with Crippen LogP contribution >= 0.6 is 0 Å². The molecule has 1 amide bonds. The topological polar surface area (TPSA) is 96.2 Å². The maximum Gasteiger partial charge on any atom is 0.278 e. The van der Waals surface area contributed by atoms with Crippen LogP contribution in [0.15, 0.2) is 10.9 Å². The number of primary amides is 1. The van der Waals surface area contributed by atoms with Crippen molar-refractivity contribution in [2.75, 3.05) is 0 Å². The number of hydrogen-bond acceptors (Lipinski definition) is 3. The lowest BCUT2D eigenvalue weighted by Crippen LogP contribution is -2.18. The second kappa shape index (κ2) is 3.44. The lowest BCUT2D eigenvalue weighted by Gasteiger charge is -2.03. The summed E-state index contributed by atoms with van der Waals surface area (Å²) >= 11 is 0. The average Bonchev–Trinajstić information content (AvgIpc) is 2.08. The molecule has 0 aliphatic rings. The number of H-pyrrole nitrogens is 1. The number of carbonyl (C=O) groups is 1. The summed E-state index contributed by atoms with van der Waals surface area (Å²) in [7, 11) is 0. The van der Waals surface area contributed by atoms with Gasteiger partial charge in [0, 0.05) is 6.07 Å². The summed E-state index contributed by atoms with van der Waals surface area (Å²) in [6.45, 7) is 0. The van der Waals surface area contributed by atoms with Gasteiger partial charge in [-0.1, -0.05) is 0 Å². The van der Waals surface area contributed by atoms with Crippen LogP contribution < -0.4 is 11.2 Å². The Morgan fingerprint density at radius 1 is 1.57 bits per heavy atom. The summed E-state index contributed by atoms with van der Waals surface area (Å²) in [5.74, 6) is -2.14. The molecule has 0 aliphatic heterocycles. The normalized spacial score (nSPS) is 10.5. The third-order valence-electron chi connectivity index (χ3n) is 1.51. The molecule has 5 nitrogen and oxygen atoms in total. The number of halogens is 2. The molecule has 0 radical (unpaired) electrons. The highest BCUT2D eigenvalue weighted by Gasteiger charge is 2.17. The van der Waals surface area contributed by atoms with E-state index in [9.17, 15) is 18.4 Å². The van der Waals surface area contributed by atoms with Crippen molar-refractivity contribution in [3.05, 3.63) is 27.7 Å². The van der Waals surface area contributed by atoms with Gasteiger partial charge in [0.15, 0.2) is 11.4 Å². The number of rotatable bonds is 2. The fourth-order valence-corrected chi connectivity index (χ4v) is 0.868. The van der Waals surface area contributed by atoms with E-state index in [1.165, 1.54) is 0 Å². The fraction of sp³-hybridized carbons (Fsp3) is 0.143. The van der Waals surface area contributed by atoms with Crippen LogP contribution in [0.3, 0.4) is 0 Å². The maximum atomic E-state index is 12.1. The smallest absolute Gasteiger partial charge is 0.278 e. The van der Waals surface area contributed by atoms with E-state index >= 15 is 0 Å². The van der Waals surface area contributed by atoms with Crippen molar-refractivity contribution in [1.29, 1.82) is 0 Å². The van der Waals surface area contributed by atoms with Crippen LogP contribution in [-0.2, 0) is 0 Å². The van der Waals surface area contributed by atoms with E-state index in [1.807, 2.05) is 4.98 Å². The van der Waals surface area contributed by atoms with Gasteiger partial charge in [-0.25, -0.2) is 8.78 Å². The van der Waals surface area contributed by atoms with Gasteiger partial charge in [-0.15, -0.1) is 0 Å². The largest absolute Gasteiger partial charge is 0.503 e. The van der Waals surface area contributed by atoms with Crippen molar-refractivity contribution < 1.29 is 18.7 Å². The van der Waals surface area contributed by atoms with Crippen molar-refractivity contribution >= 4 is 5.91 Å². The maximum absolute atomic E-state index is 12.1. The number of alkyl halides is 2. The van der Waals surface area contributed by atoms with Crippen LogP contribution in [0.5, 0.6) is 5.75 Å². The molecule has 0 unspecified atom stereocenters. The molecule has 1 rings (SSSR count).